The van der Waals surface area contributed by atoms with E-state index in [1.807, 2.05) is 25.1 Å². The van der Waals surface area contributed by atoms with Crippen molar-refractivity contribution in [2.75, 3.05) is 11.8 Å². The maximum Gasteiger partial charge on any atom is 0.341 e. The quantitative estimate of drug-likeness (QED) is 0.665. The lowest BCUT2D eigenvalue weighted by Crippen LogP contribution is -2.01. The van der Waals surface area contributed by atoms with Gasteiger partial charge in [-0.25, -0.2) is 4.79 Å². The fourth-order valence-corrected chi connectivity index (χ4v) is 2.43. The minimum Gasteiger partial charge on any atom is -0.507 e. The maximum absolute atomic E-state index is 11.4. The minimum absolute atomic E-state index is 0.105. The van der Waals surface area contributed by atoms with Gasteiger partial charge in [-0.05, 0) is 48.7 Å². The average molecular weight is 289 g/mol. The molecule has 2 rings (SSSR count). The summed E-state index contributed by atoms with van der Waals surface area (Å²) in [6, 6.07) is 12.8. The highest BCUT2D eigenvalue weighted by atomic mass is 32.2. The third-order valence-electron chi connectivity index (χ3n) is 2.68. The van der Waals surface area contributed by atoms with Crippen molar-refractivity contribution in [3.05, 3.63) is 53.6 Å². The Hall–Kier alpha value is -2.14. The number of hydrogen-bond donors (Lipinski definition) is 2. The largest absolute Gasteiger partial charge is 0.507 e. The van der Waals surface area contributed by atoms with E-state index in [9.17, 15) is 9.90 Å². The SMILES string of the molecule is COC(=O)c1ccc(NSc2cccc(C)c2)cc1O. The molecule has 5 heteroatoms. The number of nitrogens with one attached hydrogen (secondary N) is 1. The Bertz CT molecular complexity index is 628. The highest BCUT2D eigenvalue weighted by Crippen LogP contribution is 2.27. The summed E-state index contributed by atoms with van der Waals surface area (Å²) in [6.07, 6.45) is 0. The van der Waals surface area contributed by atoms with E-state index < -0.39 is 5.97 Å². The zero-order chi connectivity index (χ0) is 14.5. The number of aryl methyl sites for hydroxylation is 1. The molecule has 0 amide bonds. The van der Waals surface area contributed by atoms with Crippen LogP contribution in [0.4, 0.5) is 5.69 Å². The molecule has 0 aliphatic rings. The Morgan fingerprint density at radius 2 is 2.05 bits per heavy atom. The van der Waals surface area contributed by atoms with Crippen LogP contribution in [0.5, 0.6) is 5.75 Å². The summed E-state index contributed by atoms with van der Waals surface area (Å²) in [5.74, 6) is -0.660. The number of carbonyl (C=O) groups is 1. The first-order valence-electron chi connectivity index (χ1n) is 6.01. The van der Waals surface area contributed by atoms with Gasteiger partial charge >= 0.3 is 5.97 Å². The molecule has 0 unspecified atom stereocenters. The Kier molecular flexibility index (Phi) is 4.53. The standard InChI is InChI=1S/C15H15NO3S/c1-10-4-3-5-12(8-10)20-16-11-6-7-13(14(17)9-11)15(18)19-2/h3-9,16-17H,1-2H3. The highest BCUT2D eigenvalue weighted by molar-refractivity contribution is 8.00. The summed E-state index contributed by atoms with van der Waals surface area (Å²) in [5, 5.41) is 9.78. The Balaban J connectivity index is 2.07. The van der Waals surface area contributed by atoms with Crippen molar-refractivity contribution in [1.29, 1.82) is 0 Å². The summed E-state index contributed by atoms with van der Waals surface area (Å²) in [6.45, 7) is 2.03. The lowest BCUT2D eigenvalue weighted by Gasteiger charge is -2.08. The molecule has 2 aromatic rings. The smallest absolute Gasteiger partial charge is 0.341 e. The Morgan fingerprint density at radius 1 is 1.25 bits per heavy atom. The van der Waals surface area contributed by atoms with Crippen molar-refractivity contribution in [1.82, 2.24) is 0 Å². The molecular formula is C15H15NO3S. The lowest BCUT2D eigenvalue weighted by molar-refractivity contribution is 0.0597. The Labute approximate surface area is 121 Å². The molecule has 0 atom stereocenters. The Morgan fingerprint density at radius 3 is 2.70 bits per heavy atom. The molecule has 0 saturated carbocycles. The second-order valence-corrected chi connectivity index (χ2v) is 5.12. The zero-order valence-corrected chi connectivity index (χ0v) is 12.0. The molecule has 0 aliphatic heterocycles. The van der Waals surface area contributed by atoms with Gasteiger partial charge in [0, 0.05) is 16.6 Å². The molecule has 0 bridgehead atoms. The summed E-state index contributed by atoms with van der Waals surface area (Å²) in [4.78, 5) is 12.4. The predicted molar refractivity (Wildman–Crippen MR) is 80.1 cm³/mol. The molecule has 0 saturated heterocycles. The number of esters is 1. The number of anilines is 1. The van der Waals surface area contributed by atoms with Gasteiger partial charge in [-0.1, -0.05) is 12.1 Å². The summed E-state index contributed by atoms with van der Waals surface area (Å²) in [5.41, 5.74) is 2.04. The van der Waals surface area contributed by atoms with E-state index in [1.54, 1.807) is 6.07 Å². The van der Waals surface area contributed by atoms with Crippen LogP contribution < -0.4 is 4.72 Å². The van der Waals surface area contributed by atoms with Gasteiger partial charge in [-0.15, -0.1) is 0 Å². The van der Waals surface area contributed by atoms with Crippen molar-refractivity contribution in [3.63, 3.8) is 0 Å². The number of methoxy groups -OCH3 is 1. The fraction of sp³-hybridized carbons (Fsp3) is 0.133. The van der Waals surface area contributed by atoms with Crippen LogP contribution in [0.2, 0.25) is 0 Å². The molecule has 4 nitrogen and oxygen atoms in total. The molecule has 0 fully saturated rings. The van der Waals surface area contributed by atoms with Gasteiger partial charge in [0.15, 0.2) is 0 Å². The van der Waals surface area contributed by atoms with E-state index >= 15 is 0 Å². The molecule has 0 spiro atoms. The molecule has 0 aromatic heterocycles. The van der Waals surface area contributed by atoms with Gasteiger partial charge in [0.05, 0.1) is 7.11 Å². The van der Waals surface area contributed by atoms with Crippen molar-refractivity contribution in [2.45, 2.75) is 11.8 Å². The van der Waals surface area contributed by atoms with Crippen molar-refractivity contribution < 1.29 is 14.6 Å². The van der Waals surface area contributed by atoms with E-state index in [0.29, 0.717) is 5.69 Å². The molecule has 0 aliphatic carbocycles. The third-order valence-corrected chi connectivity index (χ3v) is 3.51. The van der Waals surface area contributed by atoms with E-state index in [-0.39, 0.29) is 11.3 Å². The van der Waals surface area contributed by atoms with Gasteiger partial charge in [0.1, 0.15) is 11.3 Å². The lowest BCUT2D eigenvalue weighted by atomic mass is 10.2. The predicted octanol–water partition coefficient (Wildman–Crippen LogP) is 3.61. The third kappa shape index (κ3) is 3.45. The van der Waals surface area contributed by atoms with E-state index in [1.165, 1.54) is 36.8 Å². The zero-order valence-electron chi connectivity index (χ0n) is 11.2. The monoisotopic (exact) mass is 289 g/mol. The molecule has 0 heterocycles. The van der Waals surface area contributed by atoms with Gasteiger partial charge in [0.2, 0.25) is 0 Å². The van der Waals surface area contributed by atoms with E-state index in [0.717, 1.165) is 4.90 Å². The number of rotatable bonds is 4. The van der Waals surface area contributed by atoms with Crippen molar-refractivity contribution in [2.24, 2.45) is 0 Å². The first-order chi connectivity index (χ1) is 9.60. The first kappa shape index (κ1) is 14.3. The van der Waals surface area contributed by atoms with Gasteiger partial charge in [0.25, 0.3) is 0 Å². The molecule has 104 valence electrons. The molecule has 0 radical (unpaired) electrons. The van der Waals surface area contributed by atoms with E-state index in [4.69, 9.17) is 0 Å². The second-order valence-electron chi connectivity index (χ2n) is 4.24. The summed E-state index contributed by atoms with van der Waals surface area (Å²) in [7, 11) is 1.28. The van der Waals surface area contributed by atoms with Crippen molar-refractivity contribution in [3.8, 4) is 5.75 Å². The van der Waals surface area contributed by atoms with Crippen LogP contribution in [0.15, 0.2) is 47.4 Å². The highest BCUT2D eigenvalue weighted by Gasteiger charge is 2.11. The van der Waals surface area contributed by atoms with Gasteiger partial charge < -0.3 is 14.6 Å². The van der Waals surface area contributed by atoms with Crippen molar-refractivity contribution >= 4 is 23.6 Å². The van der Waals surface area contributed by atoms with Crippen LogP contribution in [0.3, 0.4) is 0 Å². The maximum atomic E-state index is 11.4. The molecular weight excluding hydrogens is 274 g/mol. The first-order valence-corrected chi connectivity index (χ1v) is 6.82. The number of phenolic OH excluding ortho intramolecular Hbond substituents is 1. The van der Waals surface area contributed by atoms with Crippen LogP contribution in [-0.2, 0) is 4.74 Å². The minimum atomic E-state index is -0.555. The number of phenols is 1. The number of ether oxygens (including phenoxy) is 1. The number of benzene rings is 2. The van der Waals surface area contributed by atoms with Crippen LogP contribution in [-0.4, -0.2) is 18.2 Å². The van der Waals surface area contributed by atoms with Crippen LogP contribution in [0, 0.1) is 6.92 Å². The van der Waals surface area contributed by atoms with E-state index in [2.05, 4.69) is 15.5 Å². The van der Waals surface area contributed by atoms with Crippen LogP contribution in [0.25, 0.3) is 0 Å². The second kappa shape index (κ2) is 6.34. The topological polar surface area (TPSA) is 58.6 Å². The molecule has 20 heavy (non-hydrogen) atoms. The van der Waals surface area contributed by atoms with Crippen LogP contribution >= 0.6 is 11.9 Å². The average Bonchev–Trinajstić information content (AvgIpc) is 2.44. The number of carbonyl (C=O) groups excluding carboxylic acids is 1. The summed E-state index contributed by atoms with van der Waals surface area (Å²) < 4.78 is 7.69. The number of aromatic hydroxyl groups is 1. The van der Waals surface area contributed by atoms with Gasteiger partial charge in [-0.3, -0.25) is 0 Å². The fourth-order valence-electron chi connectivity index (χ4n) is 1.67. The van der Waals surface area contributed by atoms with Gasteiger partial charge in [-0.2, -0.15) is 0 Å². The molecule has 2 aromatic carbocycles. The summed E-state index contributed by atoms with van der Waals surface area (Å²) >= 11 is 1.44. The molecule has 2 N–H and O–H groups in total. The van der Waals surface area contributed by atoms with Crippen LogP contribution in [0.1, 0.15) is 15.9 Å². The number of hydrogen-bond acceptors (Lipinski definition) is 5. The normalized spacial score (nSPS) is 10.1.